The summed E-state index contributed by atoms with van der Waals surface area (Å²) in [5.41, 5.74) is 0.840. The van der Waals surface area contributed by atoms with E-state index in [1.165, 1.54) is 12.1 Å². The van der Waals surface area contributed by atoms with Gasteiger partial charge in [-0.3, -0.25) is 9.69 Å². The maximum atomic E-state index is 13.7. The predicted molar refractivity (Wildman–Crippen MR) is 89.5 cm³/mol. The van der Waals surface area contributed by atoms with Crippen LogP contribution in [0.1, 0.15) is 11.6 Å². The molecule has 1 saturated heterocycles. The summed E-state index contributed by atoms with van der Waals surface area (Å²) in [4.78, 5) is 18.8. The molecule has 0 saturated carbocycles. The highest BCUT2D eigenvalue weighted by Crippen LogP contribution is 2.46. The number of carbonyl (C=O) groups is 1. The van der Waals surface area contributed by atoms with Crippen LogP contribution in [0.15, 0.2) is 36.9 Å². The van der Waals surface area contributed by atoms with Crippen LogP contribution in [0.4, 0.5) is 4.39 Å². The molecule has 2 aromatic rings. The Kier molecular flexibility index (Phi) is 4.17. The first-order valence-electron chi connectivity index (χ1n) is 8.49. The highest BCUT2D eigenvalue weighted by atomic mass is 19.1. The van der Waals surface area contributed by atoms with Crippen molar-refractivity contribution in [1.82, 2.24) is 19.8 Å². The number of nitrogens with one attached hydrogen (secondary N) is 1. The summed E-state index contributed by atoms with van der Waals surface area (Å²) in [6.07, 6.45) is 5.31. The summed E-state index contributed by atoms with van der Waals surface area (Å²) in [5, 5.41) is 3.01. The number of ether oxygens (including phenoxy) is 1. The average molecular weight is 344 g/mol. The van der Waals surface area contributed by atoms with Gasteiger partial charge in [-0.1, -0.05) is 0 Å². The molecule has 4 rings (SSSR count). The first-order chi connectivity index (χ1) is 12.1. The Balaban J connectivity index is 1.45. The van der Waals surface area contributed by atoms with Gasteiger partial charge in [-0.05, 0) is 25.2 Å². The number of benzene rings is 1. The van der Waals surface area contributed by atoms with Gasteiger partial charge in [-0.15, -0.1) is 0 Å². The van der Waals surface area contributed by atoms with E-state index in [0.29, 0.717) is 26.2 Å². The summed E-state index contributed by atoms with van der Waals surface area (Å²) in [7, 11) is 1.98. The zero-order valence-electron chi connectivity index (χ0n) is 14.1. The molecule has 3 atom stereocenters. The molecule has 1 amide bonds. The summed E-state index contributed by atoms with van der Waals surface area (Å²) >= 11 is 0. The van der Waals surface area contributed by atoms with Crippen LogP contribution in [0.25, 0.3) is 0 Å². The van der Waals surface area contributed by atoms with Gasteiger partial charge in [0.1, 0.15) is 11.6 Å². The monoisotopic (exact) mass is 344 g/mol. The Morgan fingerprint density at radius 3 is 3.16 bits per heavy atom. The Morgan fingerprint density at radius 1 is 1.48 bits per heavy atom. The lowest BCUT2D eigenvalue weighted by molar-refractivity contribution is -0.126. The number of halogens is 1. The summed E-state index contributed by atoms with van der Waals surface area (Å²) < 4.78 is 21.4. The van der Waals surface area contributed by atoms with Crippen molar-refractivity contribution < 1.29 is 13.9 Å². The minimum Gasteiger partial charge on any atom is -0.493 e. The SMILES string of the molecule is CN1C[C@@H](C(=O)NCCn2ccnc2)[C@@H]2COc3ccc(F)cc3[C@@H]21. The zero-order valence-corrected chi connectivity index (χ0v) is 14.1. The molecule has 0 unspecified atom stereocenters. The topological polar surface area (TPSA) is 59.4 Å². The summed E-state index contributed by atoms with van der Waals surface area (Å²) in [6.45, 7) is 2.37. The molecule has 2 aliphatic heterocycles. The Hall–Kier alpha value is -2.41. The smallest absolute Gasteiger partial charge is 0.224 e. The standard InChI is InChI=1S/C18H21FN4O2/c1-22-9-14(18(24)21-5-7-23-6-4-20-11-23)15-10-25-16-3-2-12(19)8-13(16)17(15)22/h2-4,6,8,11,14-15,17H,5,7,9-10H2,1H3,(H,21,24)/t14-,15+,17+/m1/s1. The molecule has 25 heavy (non-hydrogen) atoms. The van der Waals surface area contributed by atoms with E-state index in [2.05, 4.69) is 15.2 Å². The van der Waals surface area contributed by atoms with E-state index < -0.39 is 0 Å². The fourth-order valence-corrected chi connectivity index (χ4v) is 3.99. The Bertz CT molecular complexity index is 764. The van der Waals surface area contributed by atoms with Gasteiger partial charge in [-0.25, -0.2) is 9.37 Å². The van der Waals surface area contributed by atoms with Crippen LogP contribution >= 0.6 is 0 Å². The van der Waals surface area contributed by atoms with Gasteiger partial charge in [0.25, 0.3) is 0 Å². The van der Waals surface area contributed by atoms with Crippen molar-refractivity contribution in [3.8, 4) is 5.75 Å². The maximum absolute atomic E-state index is 13.7. The third-order valence-electron chi connectivity index (χ3n) is 5.17. The first-order valence-corrected chi connectivity index (χ1v) is 8.49. The van der Waals surface area contributed by atoms with Gasteiger partial charge >= 0.3 is 0 Å². The molecular weight excluding hydrogens is 323 g/mol. The molecule has 6 nitrogen and oxygen atoms in total. The normalized spacial score (nSPS) is 25.1. The fraction of sp³-hybridized carbons (Fsp3) is 0.444. The molecule has 1 aromatic heterocycles. The summed E-state index contributed by atoms with van der Waals surface area (Å²) in [6, 6.07) is 4.63. The molecule has 0 aliphatic carbocycles. The zero-order chi connectivity index (χ0) is 17.4. The van der Waals surface area contributed by atoms with Gasteiger partial charge in [0.05, 0.1) is 18.9 Å². The molecule has 0 spiro atoms. The van der Waals surface area contributed by atoms with E-state index in [1.54, 1.807) is 18.6 Å². The molecule has 1 fully saturated rings. The second-order valence-electron chi connectivity index (χ2n) is 6.74. The van der Waals surface area contributed by atoms with Crippen LogP contribution < -0.4 is 10.1 Å². The number of hydrogen-bond acceptors (Lipinski definition) is 4. The van der Waals surface area contributed by atoms with E-state index in [4.69, 9.17) is 4.74 Å². The number of carbonyl (C=O) groups excluding carboxylic acids is 1. The van der Waals surface area contributed by atoms with Crippen LogP contribution in [0.2, 0.25) is 0 Å². The Morgan fingerprint density at radius 2 is 2.36 bits per heavy atom. The van der Waals surface area contributed by atoms with Gasteiger partial charge in [0, 0.05) is 49.6 Å². The van der Waals surface area contributed by atoms with Crippen molar-refractivity contribution in [3.63, 3.8) is 0 Å². The number of rotatable bonds is 4. The van der Waals surface area contributed by atoms with Gasteiger partial charge in [-0.2, -0.15) is 0 Å². The van der Waals surface area contributed by atoms with E-state index in [9.17, 15) is 9.18 Å². The highest BCUT2D eigenvalue weighted by molar-refractivity contribution is 5.80. The number of fused-ring (bicyclic) bond motifs is 3. The molecular formula is C18H21FN4O2. The van der Waals surface area contributed by atoms with Crippen molar-refractivity contribution in [2.75, 3.05) is 26.7 Å². The van der Waals surface area contributed by atoms with Gasteiger partial charge in [0.15, 0.2) is 0 Å². The lowest BCUT2D eigenvalue weighted by Crippen LogP contribution is -2.39. The Labute approximate surface area is 145 Å². The maximum Gasteiger partial charge on any atom is 0.224 e. The van der Waals surface area contributed by atoms with Crippen LogP contribution in [-0.2, 0) is 11.3 Å². The number of imidazole rings is 1. The third kappa shape index (κ3) is 3.00. The predicted octanol–water partition coefficient (Wildman–Crippen LogP) is 1.45. The number of amides is 1. The fourth-order valence-electron chi connectivity index (χ4n) is 3.99. The largest absolute Gasteiger partial charge is 0.493 e. The average Bonchev–Trinajstić information content (AvgIpc) is 3.22. The molecule has 2 aliphatic rings. The van der Waals surface area contributed by atoms with Crippen LogP contribution in [0.3, 0.4) is 0 Å². The van der Waals surface area contributed by atoms with Crippen molar-refractivity contribution >= 4 is 5.91 Å². The molecule has 1 aromatic carbocycles. The van der Waals surface area contributed by atoms with Crippen LogP contribution in [0.5, 0.6) is 5.75 Å². The first kappa shape index (κ1) is 16.1. The third-order valence-corrected chi connectivity index (χ3v) is 5.17. The molecule has 132 valence electrons. The number of likely N-dealkylation sites (tertiary alicyclic amines) is 1. The van der Waals surface area contributed by atoms with Crippen LogP contribution in [-0.4, -0.2) is 47.1 Å². The second-order valence-corrected chi connectivity index (χ2v) is 6.74. The second kappa shape index (κ2) is 6.48. The van der Waals surface area contributed by atoms with Crippen molar-refractivity contribution in [2.45, 2.75) is 12.6 Å². The molecule has 1 N–H and O–H groups in total. The van der Waals surface area contributed by atoms with E-state index in [1.807, 2.05) is 17.8 Å². The molecule has 7 heteroatoms. The minimum absolute atomic E-state index is 0.0175. The van der Waals surface area contributed by atoms with Gasteiger partial charge in [0.2, 0.25) is 5.91 Å². The minimum atomic E-state index is -0.273. The number of hydrogen-bond donors (Lipinski definition) is 1. The highest BCUT2D eigenvalue weighted by Gasteiger charge is 2.47. The van der Waals surface area contributed by atoms with Crippen molar-refractivity contribution in [3.05, 3.63) is 48.3 Å². The molecule has 0 radical (unpaired) electrons. The molecule has 3 heterocycles. The quantitative estimate of drug-likeness (QED) is 0.912. The van der Waals surface area contributed by atoms with Gasteiger partial charge < -0.3 is 14.6 Å². The number of aromatic nitrogens is 2. The van der Waals surface area contributed by atoms with Crippen LogP contribution in [0, 0.1) is 17.7 Å². The molecule has 0 bridgehead atoms. The van der Waals surface area contributed by atoms with Crippen molar-refractivity contribution in [1.29, 1.82) is 0 Å². The van der Waals surface area contributed by atoms with E-state index in [-0.39, 0.29) is 29.6 Å². The number of nitrogens with zero attached hydrogens (tertiary/aromatic N) is 3. The van der Waals surface area contributed by atoms with Crippen molar-refractivity contribution in [2.24, 2.45) is 11.8 Å². The lowest BCUT2D eigenvalue weighted by atomic mass is 9.85. The summed E-state index contributed by atoms with van der Waals surface area (Å²) in [5.74, 6) is 0.352. The van der Waals surface area contributed by atoms with E-state index in [0.717, 1.165) is 11.3 Å². The van der Waals surface area contributed by atoms with E-state index >= 15 is 0 Å². The lowest BCUT2D eigenvalue weighted by Gasteiger charge is -2.33.